The fourth-order valence-electron chi connectivity index (χ4n) is 1.74. The van der Waals surface area contributed by atoms with E-state index in [1.807, 2.05) is 0 Å². The van der Waals surface area contributed by atoms with Gasteiger partial charge in [-0.3, -0.25) is 0 Å². The van der Waals surface area contributed by atoms with Gasteiger partial charge in [-0.15, -0.1) is 0 Å². The lowest BCUT2D eigenvalue weighted by Crippen LogP contribution is -2.03. The van der Waals surface area contributed by atoms with E-state index in [0.717, 1.165) is 5.33 Å². The molecular formula is C15H20Br2. The quantitative estimate of drug-likeness (QED) is 0.425. The summed E-state index contributed by atoms with van der Waals surface area (Å²) < 4.78 is 0. The summed E-state index contributed by atoms with van der Waals surface area (Å²) in [6.45, 7) is 2.24. The van der Waals surface area contributed by atoms with Crippen molar-refractivity contribution in [2.75, 3.05) is 5.33 Å². The maximum atomic E-state index is 3.79. The Hall–Kier alpha value is -0.0800. The van der Waals surface area contributed by atoms with Crippen molar-refractivity contribution in [1.82, 2.24) is 0 Å². The summed E-state index contributed by atoms with van der Waals surface area (Å²) in [5.74, 6) is 0. The van der Waals surface area contributed by atoms with E-state index in [-0.39, 0.29) is 0 Å². The maximum absolute atomic E-state index is 3.79. The zero-order chi connectivity index (χ0) is 12.5. The smallest absolute Gasteiger partial charge is 0.0366 e. The van der Waals surface area contributed by atoms with Crippen LogP contribution in [-0.2, 0) is 0 Å². The molecule has 0 heterocycles. The Bertz CT molecular complexity index is 330. The van der Waals surface area contributed by atoms with Crippen molar-refractivity contribution >= 4 is 37.9 Å². The van der Waals surface area contributed by atoms with E-state index in [9.17, 15) is 0 Å². The second kappa shape index (κ2) is 8.93. The van der Waals surface area contributed by atoms with Crippen molar-refractivity contribution in [2.45, 2.75) is 37.4 Å². The highest BCUT2D eigenvalue weighted by Gasteiger charge is 2.09. The monoisotopic (exact) mass is 358 g/mol. The highest BCUT2D eigenvalue weighted by Crippen LogP contribution is 2.23. The fourth-order valence-corrected chi connectivity index (χ4v) is 3.34. The average Bonchev–Trinajstić information content (AvgIpc) is 2.37. The summed E-state index contributed by atoms with van der Waals surface area (Å²) in [5, 5.41) is 0.934. The van der Waals surface area contributed by atoms with Crippen LogP contribution in [0.15, 0.2) is 35.9 Å². The van der Waals surface area contributed by atoms with Crippen LogP contribution in [-0.4, -0.2) is 10.2 Å². The molecule has 0 aromatic heterocycles. The van der Waals surface area contributed by atoms with Gasteiger partial charge < -0.3 is 0 Å². The fraction of sp³-hybridized carbons (Fsp3) is 0.467. The van der Waals surface area contributed by atoms with Crippen LogP contribution in [0.2, 0.25) is 0 Å². The van der Waals surface area contributed by atoms with Crippen LogP contribution in [0.25, 0.3) is 6.08 Å². The molecule has 94 valence electrons. The van der Waals surface area contributed by atoms with Gasteiger partial charge in [0.25, 0.3) is 0 Å². The van der Waals surface area contributed by atoms with Gasteiger partial charge in [0.2, 0.25) is 0 Å². The van der Waals surface area contributed by atoms with E-state index in [4.69, 9.17) is 0 Å². The molecule has 0 radical (unpaired) electrons. The van der Waals surface area contributed by atoms with E-state index in [0.29, 0.717) is 4.83 Å². The van der Waals surface area contributed by atoms with Crippen LogP contribution < -0.4 is 0 Å². The molecule has 0 nitrogen and oxygen atoms in total. The molecule has 1 aromatic rings. The second-order valence-corrected chi connectivity index (χ2v) is 5.89. The van der Waals surface area contributed by atoms with Crippen LogP contribution in [0, 0.1) is 0 Å². The number of rotatable bonds is 7. The Morgan fingerprint density at radius 1 is 1.24 bits per heavy atom. The van der Waals surface area contributed by atoms with Crippen LogP contribution in [0.5, 0.6) is 0 Å². The number of benzene rings is 1. The average molecular weight is 360 g/mol. The number of allylic oxidation sites excluding steroid dienone is 1. The van der Waals surface area contributed by atoms with Crippen molar-refractivity contribution in [2.24, 2.45) is 0 Å². The lowest BCUT2D eigenvalue weighted by Gasteiger charge is -2.12. The normalized spacial score (nSPS) is 13.7. The van der Waals surface area contributed by atoms with Crippen molar-refractivity contribution in [3.8, 4) is 0 Å². The molecule has 0 aliphatic rings. The zero-order valence-corrected chi connectivity index (χ0v) is 13.5. The van der Waals surface area contributed by atoms with Crippen LogP contribution in [0.4, 0.5) is 0 Å². The van der Waals surface area contributed by atoms with Gasteiger partial charge in [-0.05, 0) is 17.6 Å². The Labute approximate surface area is 122 Å². The standard InChI is InChI=1S/C15H20Br2/c1-2-3-5-10-15(17)14(12-16)11-13-8-6-4-7-9-13/h4,6-9,11,15H,2-3,5,10,12H2,1H3/b14-11-. The predicted octanol–water partition coefficient (Wildman–Crippen LogP) is 5.81. The van der Waals surface area contributed by atoms with Crippen molar-refractivity contribution in [3.63, 3.8) is 0 Å². The first-order chi connectivity index (χ1) is 8.27. The molecule has 0 amide bonds. The molecule has 0 spiro atoms. The van der Waals surface area contributed by atoms with Crippen LogP contribution in [0.3, 0.4) is 0 Å². The van der Waals surface area contributed by atoms with Gasteiger partial charge in [-0.2, -0.15) is 0 Å². The summed E-state index contributed by atoms with van der Waals surface area (Å²) in [6.07, 6.45) is 7.40. The maximum Gasteiger partial charge on any atom is 0.0366 e. The van der Waals surface area contributed by atoms with Gasteiger partial charge in [0.1, 0.15) is 0 Å². The molecule has 2 heteroatoms. The predicted molar refractivity (Wildman–Crippen MR) is 85.1 cm³/mol. The number of hydrogen-bond acceptors (Lipinski definition) is 0. The van der Waals surface area contributed by atoms with E-state index in [1.165, 1.54) is 36.8 Å². The molecular weight excluding hydrogens is 340 g/mol. The van der Waals surface area contributed by atoms with E-state index in [2.05, 4.69) is 75.2 Å². The third-order valence-corrected chi connectivity index (χ3v) is 4.46. The zero-order valence-electron chi connectivity index (χ0n) is 10.3. The van der Waals surface area contributed by atoms with Gasteiger partial charge in [0.15, 0.2) is 0 Å². The minimum absolute atomic E-state index is 0.494. The highest BCUT2D eigenvalue weighted by molar-refractivity contribution is 9.10. The molecule has 0 saturated carbocycles. The first-order valence-corrected chi connectivity index (χ1v) is 8.27. The van der Waals surface area contributed by atoms with Gasteiger partial charge >= 0.3 is 0 Å². The first kappa shape index (κ1) is 15.0. The lowest BCUT2D eigenvalue weighted by molar-refractivity contribution is 0.677. The summed E-state index contributed by atoms with van der Waals surface area (Å²) in [4.78, 5) is 0.494. The van der Waals surface area contributed by atoms with E-state index in [1.54, 1.807) is 0 Å². The molecule has 0 fully saturated rings. The first-order valence-electron chi connectivity index (χ1n) is 6.23. The second-order valence-electron chi connectivity index (χ2n) is 4.23. The Morgan fingerprint density at radius 3 is 2.53 bits per heavy atom. The summed E-state index contributed by atoms with van der Waals surface area (Å²) in [6, 6.07) is 10.5. The SMILES string of the molecule is CCCCCC(Br)/C(=C\c1ccccc1)CBr. The van der Waals surface area contributed by atoms with E-state index < -0.39 is 0 Å². The molecule has 0 saturated heterocycles. The van der Waals surface area contributed by atoms with Crippen LogP contribution in [0.1, 0.15) is 38.2 Å². The Kier molecular flexibility index (Phi) is 7.87. The highest BCUT2D eigenvalue weighted by atomic mass is 79.9. The number of hydrogen-bond donors (Lipinski definition) is 0. The molecule has 0 N–H and O–H groups in total. The summed E-state index contributed by atoms with van der Waals surface area (Å²) >= 11 is 7.38. The van der Waals surface area contributed by atoms with Crippen LogP contribution >= 0.6 is 31.9 Å². The molecule has 0 aliphatic heterocycles. The third kappa shape index (κ3) is 5.87. The number of halogens is 2. The largest absolute Gasteiger partial charge is 0.0879 e. The topological polar surface area (TPSA) is 0 Å². The Morgan fingerprint density at radius 2 is 1.94 bits per heavy atom. The van der Waals surface area contributed by atoms with Crippen molar-refractivity contribution in [3.05, 3.63) is 41.5 Å². The molecule has 1 rings (SSSR count). The van der Waals surface area contributed by atoms with Crippen molar-refractivity contribution < 1.29 is 0 Å². The number of alkyl halides is 2. The van der Waals surface area contributed by atoms with Gasteiger partial charge in [-0.25, -0.2) is 0 Å². The van der Waals surface area contributed by atoms with Gasteiger partial charge in [-0.1, -0.05) is 94.5 Å². The van der Waals surface area contributed by atoms with Crippen molar-refractivity contribution in [1.29, 1.82) is 0 Å². The van der Waals surface area contributed by atoms with Gasteiger partial charge in [0.05, 0.1) is 0 Å². The minimum Gasteiger partial charge on any atom is -0.0879 e. The third-order valence-electron chi connectivity index (χ3n) is 2.77. The molecule has 1 atom stereocenters. The molecule has 1 aromatic carbocycles. The van der Waals surface area contributed by atoms with Gasteiger partial charge in [0, 0.05) is 10.2 Å². The lowest BCUT2D eigenvalue weighted by atomic mass is 10.0. The molecule has 1 unspecified atom stereocenters. The molecule has 0 bridgehead atoms. The summed E-state index contributed by atoms with van der Waals surface area (Å²) in [5.41, 5.74) is 2.70. The minimum atomic E-state index is 0.494. The molecule has 17 heavy (non-hydrogen) atoms. The summed E-state index contributed by atoms with van der Waals surface area (Å²) in [7, 11) is 0. The Balaban J connectivity index is 2.60. The van der Waals surface area contributed by atoms with E-state index >= 15 is 0 Å². The molecule has 0 aliphatic carbocycles. The number of unbranched alkanes of at least 4 members (excludes halogenated alkanes) is 2.